The third kappa shape index (κ3) is 2.27. The number of aromatic nitrogens is 3. The summed E-state index contributed by atoms with van der Waals surface area (Å²) < 4.78 is 6.37. The zero-order chi connectivity index (χ0) is 15.9. The number of halogens is 1. The molecule has 0 unspecified atom stereocenters. The average Bonchev–Trinajstić information content (AvgIpc) is 2.86. The van der Waals surface area contributed by atoms with E-state index in [4.69, 9.17) is 22.1 Å². The Morgan fingerprint density at radius 1 is 1.36 bits per heavy atom. The molecule has 6 nitrogen and oxygen atoms in total. The van der Waals surface area contributed by atoms with Crippen molar-refractivity contribution in [2.75, 3.05) is 12.8 Å². The number of aryl methyl sites for hydroxylation is 1. The van der Waals surface area contributed by atoms with Crippen molar-refractivity contribution in [1.82, 2.24) is 14.6 Å². The molecule has 7 heteroatoms. The molecule has 1 aromatic carbocycles. The Labute approximate surface area is 131 Å². The van der Waals surface area contributed by atoms with Crippen molar-refractivity contribution in [3.63, 3.8) is 0 Å². The Morgan fingerprint density at radius 3 is 2.86 bits per heavy atom. The maximum atomic E-state index is 11.9. The van der Waals surface area contributed by atoms with Crippen LogP contribution in [0.5, 0.6) is 0 Å². The molecule has 3 aromatic rings. The van der Waals surface area contributed by atoms with Crippen molar-refractivity contribution in [3.05, 3.63) is 46.6 Å². The van der Waals surface area contributed by atoms with Crippen molar-refractivity contribution in [2.45, 2.75) is 6.92 Å². The largest absolute Gasteiger partial charge is 0.465 e. The molecule has 0 aliphatic rings. The number of nitrogen functional groups attached to an aromatic ring is 1. The third-order valence-electron chi connectivity index (χ3n) is 3.40. The second-order valence-corrected chi connectivity index (χ2v) is 5.18. The first-order valence-corrected chi connectivity index (χ1v) is 6.88. The normalized spacial score (nSPS) is 10.9. The van der Waals surface area contributed by atoms with Crippen LogP contribution in [0, 0.1) is 6.92 Å². The molecule has 22 heavy (non-hydrogen) atoms. The van der Waals surface area contributed by atoms with Gasteiger partial charge in [0.2, 0.25) is 5.95 Å². The number of ether oxygens (including phenoxy) is 1. The number of esters is 1. The lowest BCUT2D eigenvalue weighted by molar-refractivity contribution is 0.0600. The smallest absolute Gasteiger partial charge is 0.339 e. The minimum atomic E-state index is -0.461. The molecule has 2 heterocycles. The Bertz CT molecular complexity index is 889. The van der Waals surface area contributed by atoms with Crippen LogP contribution in [0.4, 0.5) is 5.95 Å². The van der Waals surface area contributed by atoms with Crippen LogP contribution in [0.15, 0.2) is 30.5 Å². The minimum Gasteiger partial charge on any atom is -0.465 e. The summed E-state index contributed by atoms with van der Waals surface area (Å²) >= 11 is 6.41. The molecule has 0 aliphatic heterocycles. The van der Waals surface area contributed by atoms with Crippen LogP contribution < -0.4 is 5.73 Å². The lowest BCUT2D eigenvalue weighted by Crippen LogP contribution is -2.05. The molecule has 0 spiro atoms. The standard InChI is InChI=1S/C15H13ClN4O2/c1-8-3-4-10(13(16)12(8)14(21)22-2)9-5-6-20-11(7-9)18-15(17)19-20/h3-7H,1-2H3,(H2,17,19). The number of anilines is 1. The quantitative estimate of drug-likeness (QED) is 0.735. The Kier molecular flexibility index (Phi) is 3.46. The maximum Gasteiger partial charge on any atom is 0.339 e. The number of nitrogens with two attached hydrogens (primary N) is 1. The fraction of sp³-hybridized carbons (Fsp3) is 0.133. The second-order valence-electron chi connectivity index (χ2n) is 4.80. The third-order valence-corrected chi connectivity index (χ3v) is 3.80. The number of fused-ring (bicyclic) bond motifs is 1. The molecule has 0 aliphatic carbocycles. The number of nitrogens with zero attached hydrogens (tertiary/aromatic N) is 3. The first kappa shape index (κ1) is 14.3. The molecule has 0 fully saturated rings. The highest BCUT2D eigenvalue weighted by Crippen LogP contribution is 2.33. The van der Waals surface area contributed by atoms with Crippen molar-refractivity contribution in [2.24, 2.45) is 0 Å². The van der Waals surface area contributed by atoms with Crippen LogP contribution in [0.25, 0.3) is 16.8 Å². The highest BCUT2D eigenvalue weighted by Gasteiger charge is 2.18. The summed E-state index contributed by atoms with van der Waals surface area (Å²) in [6, 6.07) is 7.32. The molecule has 0 amide bonds. The highest BCUT2D eigenvalue weighted by molar-refractivity contribution is 6.36. The number of methoxy groups -OCH3 is 1. The fourth-order valence-electron chi connectivity index (χ4n) is 2.31. The monoisotopic (exact) mass is 316 g/mol. The summed E-state index contributed by atoms with van der Waals surface area (Å²) in [6.07, 6.45) is 1.74. The van der Waals surface area contributed by atoms with Crippen LogP contribution in [0.2, 0.25) is 5.02 Å². The van der Waals surface area contributed by atoms with E-state index in [-0.39, 0.29) is 5.95 Å². The van der Waals surface area contributed by atoms with Gasteiger partial charge < -0.3 is 10.5 Å². The van der Waals surface area contributed by atoms with Gasteiger partial charge in [0.1, 0.15) is 0 Å². The molecule has 0 saturated heterocycles. The fourth-order valence-corrected chi connectivity index (χ4v) is 2.71. The van der Waals surface area contributed by atoms with Crippen LogP contribution in [-0.4, -0.2) is 27.7 Å². The molecular formula is C15H13ClN4O2. The average molecular weight is 317 g/mol. The highest BCUT2D eigenvalue weighted by atomic mass is 35.5. The van der Waals surface area contributed by atoms with Gasteiger partial charge in [-0.15, -0.1) is 5.10 Å². The number of hydrogen-bond acceptors (Lipinski definition) is 5. The SMILES string of the molecule is COC(=O)c1c(C)ccc(-c2ccn3nc(N)nc3c2)c1Cl. The molecule has 2 aromatic heterocycles. The van der Waals surface area contributed by atoms with E-state index in [0.717, 1.165) is 16.7 Å². The van der Waals surface area contributed by atoms with E-state index in [0.29, 0.717) is 16.2 Å². The molecular weight excluding hydrogens is 304 g/mol. The van der Waals surface area contributed by atoms with Gasteiger partial charge in [0.25, 0.3) is 0 Å². The topological polar surface area (TPSA) is 82.5 Å². The van der Waals surface area contributed by atoms with Crippen molar-refractivity contribution < 1.29 is 9.53 Å². The summed E-state index contributed by atoms with van der Waals surface area (Å²) in [5.41, 5.74) is 8.84. The molecule has 0 bridgehead atoms. The van der Waals surface area contributed by atoms with Gasteiger partial charge in [-0.25, -0.2) is 9.31 Å². The van der Waals surface area contributed by atoms with Crippen molar-refractivity contribution >= 4 is 29.2 Å². The number of hydrogen-bond donors (Lipinski definition) is 1. The van der Waals surface area contributed by atoms with Gasteiger partial charge in [-0.1, -0.05) is 23.7 Å². The summed E-state index contributed by atoms with van der Waals surface area (Å²) in [5, 5.41) is 4.37. The van der Waals surface area contributed by atoms with Crippen LogP contribution in [-0.2, 0) is 4.74 Å². The van der Waals surface area contributed by atoms with Crippen molar-refractivity contribution in [3.8, 4) is 11.1 Å². The summed E-state index contributed by atoms with van der Waals surface area (Å²) in [7, 11) is 1.33. The minimum absolute atomic E-state index is 0.197. The molecule has 0 radical (unpaired) electrons. The zero-order valence-electron chi connectivity index (χ0n) is 12.0. The molecule has 0 saturated carbocycles. The van der Waals surface area contributed by atoms with Crippen LogP contribution in [0.1, 0.15) is 15.9 Å². The molecule has 2 N–H and O–H groups in total. The van der Waals surface area contributed by atoms with Gasteiger partial charge in [0.05, 0.1) is 17.7 Å². The van der Waals surface area contributed by atoms with Gasteiger partial charge in [-0.3, -0.25) is 0 Å². The first-order valence-electron chi connectivity index (χ1n) is 6.51. The van der Waals surface area contributed by atoms with Gasteiger partial charge >= 0.3 is 5.97 Å². The van der Waals surface area contributed by atoms with E-state index in [9.17, 15) is 4.79 Å². The van der Waals surface area contributed by atoms with E-state index in [1.165, 1.54) is 7.11 Å². The lowest BCUT2D eigenvalue weighted by atomic mass is 10.00. The summed E-state index contributed by atoms with van der Waals surface area (Å²) in [5.74, 6) is -0.264. The van der Waals surface area contributed by atoms with Gasteiger partial charge in [-0.2, -0.15) is 4.98 Å². The molecule has 112 valence electrons. The van der Waals surface area contributed by atoms with Crippen LogP contribution in [0.3, 0.4) is 0 Å². The van der Waals surface area contributed by atoms with E-state index < -0.39 is 5.97 Å². The Hall–Kier alpha value is -2.60. The number of pyridine rings is 1. The predicted octanol–water partition coefficient (Wildman–Crippen LogP) is 2.73. The molecule has 0 atom stereocenters. The summed E-state index contributed by atoms with van der Waals surface area (Å²) in [4.78, 5) is 16.0. The van der Waals surface area contributed by atoms with E-state index in [2.05, 4.69) is 10.1 Å². The number of rotatable bonds is 2. The van der Waals surface area contributed by atoms with E-state index in [1.54, 1.807) is 16.8 Å². The zero-order valence-corrected chi connectivity index (χ0v) is 12.8. The summed E-state index contributed by atoms with van der Waals surface area (Å²) in [6.45, 7) is 1.81. The van der Waals surface area contributed by atoms with Gasteiger partial charge in [0, 0.05) is 11.8 Å². The van der Waals surface area contributed by atoms with Gasteiger partial charge in [0.15, 0.2) is 5.65 Å². The lowest BCUT2D eigenvalue weighted by Gasteiger charge is -2.11. The second kappa shape index (κ2) is 5.31. The maximum absolute atomic E-state index is 11.9. The Balaban J connectivity index is 2.19. The molecule has 3 rings (SSSR count). The predicted molar refractivity (Wildman–Crippen MR) is 83.9 cm³/mol. The Morgan fingerprint density at radius 2 is 2.14 bits per heavy atom. The van der Waals surface area contributed by atoms with E-state index in [1.807, 2.05) is 25.1 Å². The van der Waals surface area contributed by atoms with E-state index >= 15 is 0 Å². The van der Waals surface area contributed by atoms with Crippen molar-refractivity contribution in [1.29, 1.82) is 0 Å². The van der Waals surface area contributed by atoms with Crippen LogP contribution >= 0.6 is 11.6 Å². The first-order chi connectivity index (χ1) is 10.5. The van der Waals surface area contributed by atoms with Gasteiger partial charge in [-0.05, 0) is 30.2 Å². The number of benzene rings is 1. The number of carbonyl (C=O) groups is 1. The number of carbonyl (C=O) groups excluding carboxylic acids is 1.